The monoisotopic (exact) mass is 360 g/mol. The molecule has 0 aliphatic rings. The Morgan fingerprint density at radius 3 is 2.48 bits per heavy atom. The molecule has 0 fully saturated rings. The van der Waals surface area contributed by atoms with E-state index >= 15 is 0 Å². The predicted octanol–water partition coefficient (Wildman–Crippen LogP) is 5.01. The van der Waals surface area contributed by atoms with Crippen LogP contribution in [0.5, 0.6) is 11.6 Å². The van der Waals surface area contributed by atoms with E-state index in [4.69, 9.17) is 4.74 Å². The number of aromatic nitrogens is 1. The number of aryl methyl sites for hydroxylation is 1. The number of hydrogen-bond acceptors (Lipinski definition) is 3. The molecule has 0 aliphatic heterocycles. The smallest absolute Gasteiger partial charge is 0.416 e. The molecule has 0 unspecified atom stereocenters. The first-order valence-electron chi connectivity index (χ1n) is 6.00. The molecule has 0 saturated heterocycles. The van der Waals surface area contributed by atoms with Gasteiger partial charge < -0.3 is 10.1 Å². The van der Waals surface area contributed by atoms with E-state index in [0.717, 1.165) is 22.2 Å². The van der Waals surface area contributed by atoms with Crippen LogP contribution in [0.3, 0.4) is 0 Å². The predicted molar refractivity (Wildman–Crippen MR) is 77.7 cm³/mol. The van der Waals surface area contributed by atoms with Gasteiger partial charge in [-0.15, -0.1) is 0 Å². The molecule has 2 rings (SSSR count). The third-order valence-corrected chi connectivity index (χ3v) is 3.23. The van der Waals surface area contributed by atoms with E-state index in [2.05, 4.69) is 26.2 Å². The van der Waals surface area contributed by atoms with Crippen LogP contribution < -0.4 is 10.1 Å². The molecule has 21 heavy (non-hydrogen) atoms. The second-order valence-corrected chi connectivity index (χ2v) is 5.25. The number of alkyl halides is 3. The highest BCUT2D eigenvalue weighted by Gasteiger charge is 2.32. The number of benzene rings is 1. The van der Waals surface area contributed by atoms with Crippen LogP contribution >= 0.6 is 15.9 Å². The maximum atomic E-state index is 12.8. The Bertz CT molecular complexity index is 659. The number of rotatable bonds is 3. The van der Waals surface area contributed by atoms with Crippen LogP contribution in [0.1, 0.15) is 11.1 Å². The lowest BCUT2D eigenvalue weighted by atomic mass is 10.2. The Morgan fingerprint density at radius 2 is 1.90 bits per heavy atom. The van der Waals surface area contributed by atoms with Gasteiger partial charge in [-0.25, -0.2) is 0 Å². The molecule has 1 aromatic heterocycles. The number of hydrogen-bond donors (Lipinski definition) is 1. The average molecular weight is 361 g/mol. The van der Waals surface area contributed by atoms with Gasteiger partial charge in [0.1, 0.15) is 11.6 Å². The van der Waals surface area contributed by atoms with E-state index in [9.17, 15) is 13.2 Å². The second kappa shape index (κ2) is 5.93. The van der Waals surface area contributed by atoms with Crippen LogP contribution in [0.2, 0.25) is 0 Å². The first kappa shape index (κ1) is 15.6. The third kappa shape index (κ3) is 3.87. The van der Waals surface area contributed by atoms with Gasteiger partial charge in [0.15, 0.2) is 0 Å². The third-order valence-electron chi connectivity index (χ3n) is 2.74. The van der Waals surface area contributed by atoms with Crippen molar-refractivity contribution < 1.29 is 17.9 Å². The molecule has 7 heteroatoms. The molecule has 0 spiro atoms. The largest absolute Gasteiger partial charge is 0.439 e. The highest BCUT2D eigenvalue weighted by molar-refractivity contribution is 9.10. The van der Waals surface area contributed by atoms with Gasteiger partial charge in [0, 0.05) is 17.6 Å². The van der Waals surface area contributed by atoms with Crippen molar-refractivity contribution in [3.63, 3.8) is 0 Å². The molecule has 0 atom stereocenters. The maximum Gasteiger partial charge on any atom is 0.416 e. The van der Waals surface area contributed by atoms with Crippen molar-refractivity contribution in [2.45, 2.75) is 13.1 Å². The zero-order valence-electron chi connectivity index (χ0n) is 11.3. The molecule has 0 radical (unpaired) electrons. The minimum absolute atomic E-state index is 0.0922. The Kier molecular flexibility index (Phi) is 4.41. The Labute approximate surface area is 128 Å². The van der Waals surface area contributed by atoms with Crippen molar-refractivity contribution in [3.8, 4) is 11.6 Å². The summed E-state index contributed by atoms with van der Waals surface area (Å²) in [4.78, 5) is 3.98. The SMILES string of the molecule is CNc1cc(C(F)(F)F)cc(Oc2ccc(Br)cc2C)n1. The van der Waals surface area contributed by atoms with Gasteiger partial charge in [-0.2, -0.15) is 18.2 Å². The summed E-state index contributed by atoms with van der Waals surface area (Å²) in [7, 11) is 1.50. The topological polar surface area (TPSA) is 34.1 Å². The fraction of sp³-hybridized carbons (Fsp3) is 0.214. The van der Waals surface area contributed by atoms with Crippen molar-refractivity contribution in [2.24, 2.45) is 0 Å². The van der Waals surface area contributed by atoms with E-state index in [-0.39, 0.29) is 11.7 Å². The van der Waals surface area contributed by atoms with E-state index in [1.807, 2.05) is 6.07 Å². The molecule has 0 bridgehead atoms. The highest BCUT2D eigenvalue weighted by Crippen LogP contribution is 2.34. The molecule has 2 aromatic rings. The minimum Gasteiger partial charge on any atom is -0.439 e. The summed E-state index contributed by atoms with van der Waals surface area (Å²) in [5.74, 6) is 0.432. The van der Waals surface area contributed by atoms with Crippen LogP contribution in [0.4, 0.5) is 19.0 Å². The maximum absolute atomic E-state index is 12.8. The lowest BCUT2D eigenvalue weighted by Crippen LogP contribution is -2.07. The summed E-state index contributed by atoms with van der Waals surface area (Å²) in [6, 6.07) is 7.03. The molecule has 1 N–H and O–H groups in total. The summed E-state index contributed by atoms with van der Waals surface area (Å²) in [5.41, 5.74) is -0.0267. The van der Waals surface area contributed by atoms with Gasteiger partial charge in [0.2, 0.25) is 5.88 Å². The van der Waals surface area contributed by atoms with E-state index in [0.29, 0.717) is 5.75 Å². The molecule has 0 saturated carbocycles. The molecule has 3 nitrogen and oxygen atoms in total. The summed E-state index contributed by atoms with van der Waals surface area (Å²) in [6.45, 7) is 1.80. The molecule has 0 aliphatic carbocycles. The first-order chi connectivity index (χ1) is 9.79. The van der Waals surface area contributed by atoms with Crippen LogP contribution in [-0.2, 0) is 6.18 Å². The van der Waals surface area contributed by atoms with E-state index in [1.54, 1.807) is 19.1 Å². The molecule has 0 amide bonds. The van der Waals surface area contributed by atoms with Crippen LogP contribution in [-0.4, -0.2) is 12.0 Å². The molecule has 1 aromatic carbocycles. The van der Waals surface area contributed by atoms with Gasteiger partial charge >= 0.3 is 6.18 Å². The fourth-order valence-corrected chi connectivity index (χ4v) is 2.16. The standard InChI is InChI=1S/C14H12BrF3N2O/c1-8-5-10(15)3-4-11(8)21-13-7-9(14(16,17)18)6-12(19-2)20-13/h3-7H,1-2H3,(H,19,20). The second-order valence-electron chi connectivity index (χ2n) is 4.34. The van der Waals surface area contributed by atoms with Crippen LogP contribution in [0.25, 0.3) is 0 Å². The van der Waals surface area contributed by atoms with Crippen LogP contribution in [0.15, 0.2) is 34.8 Å². The Balaban J connectivity index is 2.39. The van der Waals surface area contributed by atoms with Crippen molar-refractivity contribution in [3.05, 3.63) is 45.9 Å². The zero-order chi connectivity index (χ0) is 15.6. The van der Waals surface area contributed by atoms with E-state index < -0.39 is 11.7 Å². The summed E-state index contributed by atoms with van der Waals surface area (Å²) in [5, 5.41) is 2.59. The van der Waals surface area contributed by atoms with Gasteiger partial charge in [-0.3, -0.25) is 0 Å². The number of anilines is 1. The molecular formula is C14H12BrF3N2O. The quantitative estimate of drug-likeness (QED) is 0.835. The average Bonchev–Trinajstić information content (AvgIpc) is 2.40. The fourth-order valence-electron chi connectivity index (χ4n) is 1.69. The summed E-state index contributed by atoms with van der Waals surface area (Å²) >= 11 is 3.31. The lowest BCUT2D eigenvalue weighted by Gasteiger charge is -2.13. The van der Waals surface area contributed by atoms with Crippen molar-refractivity contribution >= 4 is 21.7 Å². The summed E-state index contributed by atoms with van der Waals surface area (Å²) in [6.07, 6.45) is -4.46. The summed E-state index contributed by atoms with van der Waals surface area (Å²) < 4.78 is 44.8. The number of pyridine rings is 1. The van der Waals surface area contributed by atoms with Gasteiger partial charge in [0.05, 0.1) is 5.56 Å². The Morgan fingerprint density at radius 1 is 1.19 bits per heavy atom. The van der Waals surface area contributed by atoms with Crippen molar-refractivity contribution in [1.82, 2.24) is 4.98 Å². The number of nitrogens with zero attached hydrogens (tertiary/aromatic N) is 1. The molecular weight excluding hydrogens is 349 g/mol. The number of halogens is 4. The normalized spacial score (nSPS) is 11.3. The zero-order valence-corrected chi connectivity index (χ0v) is 12.8. The molecule has 1 heterocycles. The van der Waals surface area contributed by atoms with Gasteiger partial charge in [0.25, 0.3) is 0 Å². The highest BCUT2D eigenvalue weighted by atomic mass is 79.9. The van der Waals surface area contributed by atoms with Gasteiger partial charge in [-0.1, -0.05) is 15.9 Å². The van der Waals surface area contributed by atoms with Crippen molar-refractivity contribution in [1.29, 1.82) is 0 Å². The Hall–Kier alpha value is -1.76. The van der Waals surface area contributed by atoms with Gasteiger partial charge in [-0.05, 0) is 36.8 Å². The molecule has 112 valence electrons. The van der Waals surface area contributed by atoms with Crippen molar-refractivity contribution in [2.75, 3.05) is 12.4 Å². The number of nitrogens with one attached hydrogen (secondary N) is 1. The van der Waals surface area contributed by atoms with Crippen LogP contribution in [0, 0.1) is 6.92 Å². The minimum atomic E-state index is -4.46. The number of ether oxygens (including phenoxy) is 1. The lowest BCUT2D eigenvalue weighted by molar-refractivity contribution is -0.137. The first-order valence-corrected chi connectivity index (χ1v) is 6.80. The van der Waals surface area contributed by atoms with E-state index in [1.165, 1.54) is 7.05 Å².